The van der Waals surface area contributed by atoms with Crippen molar-refractivity contribution in [2.24, 2.45) is 0 Å². The van der Waals surface area contributed by atoms with E-state index >= 15 is 0 Å². The van der Waals surface area contributed by atoms with Crippen molar-refractivity contribution in [1.29, 1.82) is 0 Å². The first-order valence-electron chi connectivity index (χ1n) is 9.57. The van der Waals surface area contributed by atoms with Crippen molar-refractivity contribution < 1.29 is 27.4 Å². The highest BCUT2D eigenvalue weighted by atomic mass is 32.2. The van der Waals surface area contributed by atoms with Crippen LogP contribution in [0.4, 0.5) is 0 Å². The minimum Gasteiger partial charge on any atom is -0.495 e. The molecule has 9 heteroatoms. The summed E-state index contributed by atoms with van der Waals surface area (Å²) in [5.41, 5.74) is 1.22. The van der Waals surface area contributed by atoms with Gasteiger partial charge in [0.2, 0.25) is 10.0 Å². The molecule has 0 heterocycles. The molecule has 1 fully saturated rings. The third-order valence-corrected chi connectivity index (χ3v) is 6.30. The molecule has 0 aliphatic heterocycles. The van der Waals surface area contributed by atoms with Gasteiger partial charge in [-0.05, 0) is 55.2 Å². The van der Waals surface area contributed by atoms with Gasteiger partial charge >= 0.3 is 0 Å². The van der Waals surface area contributed by atoms with Crippen molar-refractivity contribution in [1.82, 2.24) is 10.0 Å². The average Bonchev–Trinajstić information content (AvgIpc) is 3.56. The van der Waals surface area contributed by atoms with Crippen LogP contribution in [0.25, 0.3) is 0 Å². The number of hydrogen-bond acceptors (Lipinski definition) is 6. The molecule has 2 aromatic rings. The Kier molecular flexibility index (Phi) is 6.84. The minimum atomic E-state index is -3.75. The molecular weight excluding hydrogens is 408 g/mol. The summed E-state index contributed by atoms with van der Waals surface area (Å²) in [4.78, 5) is 12.5. The van der Waals surface area contributed by atoms with Crippen LogP contribution in [0.2, 0.25) is 0 Å². The van der Waals surface area contributed by atoms with E-state index in [1.807, 2.05) is 18.2 Å². The molecule has 8 nitrogen and oxygen atoms in total. The average molecular weight is 435 g/mol. The lowest BCUT2D eigenvalue weighted by molar-refractivity contribution is 0.0954. The number of methoxy groups -OCH3 is 3. The molecule has 1 amide bonds. The lowest BCUT2D eigenvalue weighted by Crippen LogP contribution is -2.28. The van der Waals surface area contributed by atoms with Gasteiger partial charge in [-0.15, -0.1) is 0 Å². The van der Waals surface area contributed by atoms with Crippen LogP contribution >= 0.6 is 0 Å². The normalized spacial score (nSPS) is 13.6. The van der Waals surface area contributed by atoms with Crippen LogP contribution in [0.15, 0.2) is 41.3 Å². The zero-order valence-electron chi connectivity index (χ0n) is 17.2. The van der Waals surface area contributed by atoms with E-state index in [9.17, 15) is 13.2 Å². The molecule has 3 rings (SSSR count). The molecule has 0 spiro atoms. The Hall–Kier alpha value is -2.78. The monoisotopic (exact) mass is 434 g/mol. The topological polar surface area (TPSA) is 103 Å². The molecule has 1 aliphatic rings. The summed E-state index contributed by atoms with van der Waals surface area (Å²) in [7, 11) is 0.780. The van der Waals surface area contributed by atoms with Crippen molar-refractivity contribution in [3.63, 3.8) is 0 Å². The first kappa shape index (κ1) is 21.9. The number of carbonyl (C=O) groups excluding carboxylic acids is 1. The fourth-order valence-electron chi connectivity index (χ4n) is 2.97. The molecule has 2 aromatic carbocycles. The fraction of sp³-hybridized carbons (Fsp3) is 0.381. The van der Waals surface area contributed by atoms with Crippen LogP contribution in [-0.2, 0) is 16.4 Å². The summed E-state index contributed by atoms with van der Waals surface area (Å²) in [5.74, 6) is 1.09. The van der Waals surface area contributed by atoms with Crippen molar-refractivity contribution in [3.8, 4) is 17.2 Å². The Labute approximate surface area is 176 Å². The minimum absolute atomic E-state index is 0.0376. The first-order chi connectivity index (χ1) is 14.4. The van der Waals surface area contributed by atoms with Gasteiger partial charge in [-0.2, -0.15) is 0 Å². The molecule has 0 bridgehead atoms. The third kappa shape index (κ3) is 5.22. The molecule has 1 saturated carbocycles. The number of rotatable bonds is 10. The quantitative estimate of drug-likeness (QED) is 0.594. The molecule has 0 aromatic heterocycles. The highest BCUT2D eigenvalue weighted by molar-refractivity contribution is 7.89. The van der Waals surface area contributed by atoms with Crippen LogP contribution in [0.1, 0.15) is 28.8 Å². The fourth-order valence-corrected chi connectivity index (χ4v) is 4.47. The number of amides is 1. The maximum atomic E-state index is 12.6. The van der Waals surface area contributed by atoms with Gasteiger partial charge in [0.15, 0.2) is 11.5 Å². The molecule has 0 saturated heterocycles. The number of sulfonamides is 1. The lowest BCUT2D eigenvalue weighted by atomic mass is 10.1. The van der Waals surface area contributed by atoms with E-state index in [1.165, 1.54) is 19.2 Å². The predicted molar refractivity (Wildman–Crippen MR) is 112 cm³/mol. The zero-order chi connectivity index (χ0) is 21.7. The Bertz CT molecular complexity index is 1020. The highest BCUT2D eigenvalue weighted by Crippen LogP contribution is 2.29. The van der Waals surface area contributed by atoms with Gasteiger partial charge in [0.25, 0.3) is 5.91 Å². The van der Waals surface area contributed by atoms with Crippen LogP contribution in [0.5, 0.6) is 17.2 Å². The third-order valence-electron chi connectivity index (χ3n) is 4.76. The second kappa shape index (κ2) is 9.36. The standard InChI is InChI=1S/C21H26N2O6S/c1-27-17-8-4-14(12-19(17)29-3)10-11-22-21(24)15-5-9-18(28-2)20(13-15)30(25,26)23-16-6-7-16/h4-5,8-9,12-13,16,23H,6-7,10-11H2,1-3H3,(H,22,24). The molecule has 0 atom stereocenters. The maximum absolute atomic E-state index is 12.6. The number of hydrogen-bond donors (Lipinski definition) is 2. The molecule has 162 valence electrons. The Morgan fingerprint density at radius 2 is 1.63 bits per heavy atom. The molecular formula is C21H26N2O6S. The molecule has 1 aliphatic carbocycles. The lowest BCUT2D eigenvalue weighted by Gasteiger charge is -2.13. The van der Waals surface area contributed by atoms with Gasteiger partial charge in [-0.25, -0.2) is 13.1 Å². The molecule has 30 heavy (non-hydrogen) atoms. The molecule has 0 unspecified atom stereocenters. The summed E-state index contributed by atoms with van der Waals surface area (Å²) in [5, 5.41) is 2.82. The van der Waals surface area contributed by atoms with Gasteiger partial charge in [-0.3, -0.25) is 4.79 Å². The summed E-state index contributed by atoms with van der Waals surface area (Å²) in [6, 6.07) is 9.89. The van der Waals surface area contributed by atoms with Gasteiger partial charge in [0.05, 0.1) is 21.3 Å². The summed E-state index contributed by atoms with van der Waals surface area (Å²) in [6.07, 6.45) is 2.21. The van der Waals surface area contributed by atoms with E-state index in [2.05, 4.69) is 10.0 Å². The first-order valence-corrected chi connectivity index (χ1v) is 11.1. The largest absolute Gasteiger partial charge is 0.495 e. The number of benzene rings is 2. The number of ether oxygens (including phenoxy) is 3. The Balaban J connectivity index is 1.67. The van der Waals surface area contributed by atoms with Gasteiger partial charge < -0.3 is 19.5 Å². The highest BCUT2D eigenvalue weighted by Gasteiger charge is 2.30. The number of carbonyl (C=O) groups is 1. The van der Waals surface area contributed by atoms with Crippen LogP contribution in [0.3, 0.4) is 0 Å². The van der Waals surface area contributed by atoms with E-state index in [4.69, 9.17) is 14.2 Å². The van der Waals surface area contributed by atoms with Crippen molar-refractivity contribution in [2.75, 3.05) is 27.9 Å². The summed E-state index contributed by atoms with van der Waals surface area (Å²) in [6.45, 7) is 0.378. The van der Waals surface area contributed by atoms with Crippen LogP contribution < -0.4 is 24.2 Å². The van der Waals surface area contributed by atoms with Crippen LogP contribution in [0, 0.1) is 0 Å². The van der Waals surface area contributed by atoms with Gasteiger partial charge in [0, 0.05) is 18.2 Å². The van der Waals surface area contributed by atoms with Gasteiger partial charge in [-0.1, -0.05) is 6.07 Å². The smallest absolute Gasteiger partial charge is 0.251 e. The predicted octanol–water partition coefficient (Wildman–Crippen LogP) is 2.13. The van der Waals surface area contributed by atoms with E-state index < -0.39 is 10.0 Å². The number of nitrogens with one attached hydrogen (secondary N) is 2. The Morgan fingerprint density at radius 3 is 2.27 bits per heavy atom. The summed E-state index contributed by atoms with van der Waals surface area (Å²) < 4.78 is 43.5. The summed E-state index contributed by atoms with van der Waals surface area (Å²) >= 11 is 0. The van der Waals surface area contributed by atoms with Crippen LogP contribution in [-0.4, -0.2) is 48.2 Å². The SMILES string of the molecule is COc1ccc(CCNC(=O)c2ccc(OC)c(S(=O)(=O)NC3CC3)c2)cc1OC. The van der Waals surface area contributed by atoms with Crippen molar-refractivity contribution in [2.45, 2.75) is 30.2 Å². The van der Waals surface area contributed by atoms with E-state index in [1.54, 1.807) is 20.3 Å². The van der Waals surface area contributed by atoms with E-state index in [0.29, 0.717) is 24.5 Å². The molecule has 0 radical (unpaired) electrons. The molecule has 2 N–H and O–H groups in total. The van der Waals surface area contributed by atoms with Gasteiger partial charge in [0.1, 0.15) is 10.6 Å². The van der Waals surface area contributed by atoms with E-state index in [0.717, 1.165) is 18.4 Å². The zero-order valence-corrected chi connectivity index (χ0v) is 18.0. The van der Waals surface area contributed by atoms with E-state index in [-0.39, 0.29) is 28.2 Å². The van der Waals surface area contributed by atoms with Crippen molar-refractivity contribution in [3.05, 3.63) is 47.5 Å². The Morgan fingerprint density at radius 1 is 0.967 bits per heavy atom. The maximum Gasteiger partial charge on any atom is 0.251 e. The second-order valence-corrected chi connectivity index (χ2v) is 8.64. The van der Waals surface area contributed by atoms with Crippen molar-refractivity contribution >= 4 is 15.9 Å². The second-order valence-electron chi connectivity index (χ2n) is 6.96.